The summed E-state index contributed by atoms with van der Waals surface area (Å²) in [5.41, 5.74) is 6.96. The Morgan fingerprint density at radius 3 is 2.43 bits per heavy atom. The molecule has 4 heteroatoms. The Balaban J connectivity index is 1.43. The molecule has 23 heavy (non-hydrogen) atoms. The van der Waals surface area contributed by atoms with Gasteiger partial charge in [-0.1, -0.05) is 30.3 Å². The minimum atomic E-state index is -0.723. The van der Waals surface area contributed by atoms with Gasteiger partial charge in [0.1, 0.15) is 0 Å². The van der Waals surface area contributed by atoms with Crippen LogP contribution in [0.15, 0.2) is 30.3 Å². The fraction of sp³-hybridized carbons (Fsp3) is 0.632. The zero-order valence-corrected chi connectivity index (χ0v) is 13.8. The lowest BCUT2D eigenvalue weighted by atomic mass is 9.78. The zero-order chi connectivity index (χ0) is 16.1. The molecule has 1 heterocycles. The molecule has 2 aliphatic rings. The summed E-state index contributed by atoms with van der Waals surface area (Å²) in [7, 11) is 0. The van der Waals surface area contributed by atoms with Crippen molar-refractivity contribution in [3.8, 4) is 0 Å². The number of ether oxygens (including phenoxy) is 1. The van der Waals surface area contributed by atoms with Gasteiger partial charge in [0.05, 0.1) is 5.54 Å². The number of rotatable bonds is 4. The van der Waals surface area contributed by atoms with Gasteiger partial charge in [-0.3, -0.25) is 4.79 Å². The van der Waals surface area contributed by atoms with Crippen LogP contribution in [0.2, 0.25) is 0 Å². The van der Waals surface area contributed by atoms with Gasteiger partial charge in [-0.2, -0.15) is 0 Å². The third-order valence-corrected chi connectivity index (χ3v) is 5.51. The maximum Gasteiger partial charge on any atom is 0.240 e. The number of nitrogens with two attached hydrogens (primary N) is 1. The van der Waals surface area contributed by atoms with Crippen LogP contribution in [0.5, 0.6) is 0 Å². The lowest BCUT2D eigenvalue weighted by Gasteiger charge is -2.33. The van der Waals surface area contributed by atoms with Gasteiger partial charge in [-0.25, -0.2) is 0 Å². The summed E-state index contributed by atoms with van der Waals surface area (Å²) >= 11 is 0. The molecular formula is C19H28N2O2. The number of amides is 1. The number of carbonyl (C=O) groups is 1. The number of nitrogens with one attached hydrogen (secondary N) is 1. The summed E-state index contributed by atoms with van der Waals surface area (Å²) in [4.78, 5) is 12.4. The first kappa shape index (κ1) is 16.5. The molecule has 0 atom stereocenters. The summed E-state index contributed by atoms with van der Waals surface area (Å²) in [6.07, 6.45) is 6.04. The van der Waals surface area contributed by atoms with E-state index in [1.165, 1.54) is 31.2 Å². The van der Waals surface area contributed by atoms with Crippen LogP contribution < -0.4 is 11.1 Å². The van der Waals surface area contributed by atoms with Crippen LogP contribution in [0.3, 0.4) is 0 Å². The normalized spacial score (nSPS) is 27.3. The van der Waals surface area contributed by atoms with Crippen molar-refractivity contribution in [2.75, 3.05) is 19.8 Å². The van der Waals surface area contributed by atoms with E-state index < -0.39 is 5.54 Å². The third-order valence-electron chi connectivity index (χ3n) is 5.51. The summed E-state index contributed by atoms with van der Waals surface area (Å²) in [5.74, 6) is 1.27. The Hall–Kier alpha value is -1.39. The molecule has 1 aromatic rings. The number of carbonyl (C=O) groups excluding carboxylic acids is 1. The first-order valence-corrected chi connectivity index (χ1v) is 8.87. The van der Waals surface area contributed by atoms with E-state index in [0.29, 0.717) is 37.9 Å². The van der Waals surface area contributed by atoms with E-state index in [-0.39, 0.29) is 5.91 Å². The van der Waals surface area contributed by atoms with E-state index in [1.807, 2.05) is 0 Å². The van der Waals surface area contributed by atoms with Gasteiger partial charge in [-0.05, 0) is 55.9 Å². The molecule has 0 radical (unpaired) electrons. The van der Waals surface area contributed by atoms with Crippen molar-refractivity contribution in [2.45, 2.75) is 50.0 Å². The van der Waals surface area contributed by atoms with E-state index in [9.17, 15) is 4.79 Å². The Kier molecular flexibility index (Phi) is 5.34. The summed E-state index contributed by atoms with van der Waals surface area (Å²) in [6, 6.07) is 10.8. The number of hydrogen-bond donors (Lipinski definition) is 2. The summed E-state index contributed by atoms with van der Waals surface area (Å²) in [5, 5.41) is 3.10. The van der Waals surface area contributed by atoms with Crippen LogP contribution in [-0.2, 0) is 9.53 Å². The average Bonchev–Trinajstić information content (AvgIpc) is 2.61. The molecule has 0 unspecified atom stereocenters. The van der Waals surface area contributed by atoms with E-state index in [0.717, 1.165) is 6.54 Å². The number of benzene rings is 1. The SMILES string of the molecule is NC1(C(=O)NCC2CCC(c3ccccc3)CC2)CCOCC1. The van der Waals surface area contributed by atoms with Crippen molar-refractivity contribution in [3.05, 3.63) is 35.9 Å². The highest BCUT2D eigenvalue weighted by atomic mass is 16.5. The van der Waals surface area contributed by atoms with Crippen LogP contribution in [0.1, 0.15) is 50.0 Å². The van der Waals surface area contributed by atoms with E-state index in [2.05, 4.69) is 35.6 Å². The molecule has 4 nitrogen and oxygen atoms in total. The van der Waals surface area contributed by atoms with Crippen molar-refractivity contribution in [1.82, 2.24) is 5.32 Å². The number of hydrogen-bond acceptors (Lipinski definition) is 3. The second-order valence-electron chi connectivity index (χ2n) is 7.11. The molecule has 1 saturated carbocycles. The fourth-order valence-corrected chi connectivity index (χ4v) is 3.80. The molecule has 3 rings (SSSR count). The highest BCUT2D eigenvalue weighted by Crippen LogP contribution is 2.35. The molecule has 1 amide bonds. The van der Waals surface area contributed by atoms with Crippen LogP contribution in [0.25, 0.3) is 0 Å². The quantitative estimate of drug-likeness (QED) is 0.897. The molecule has 1 saturated heterocycles. The van der Waals surface area contributed by atoms with Gasteiger partial charge < -0.3 is 15.8 Å². The highest BCUT2D eigenvalue weighted by Gasteiger charge is 2.36. The lowest BCUT2D eigenvalue weighted by molar-refractivity contribution is -0.130. The topological polar surface area (TPSA) is 64.4 Å². The minimum Gasteiger partial charge on any atom is -0.381 e. The molecule has 1 aliphatic carbocycles. The first-order chi connectivity index (χ1) is 11.2. The second-order valence-corrected chi connectivity index (χ2v) is 7.11. The van der Waals surface area contributed by atoms with Crippen LogP contribution in [-0.4, -0.2) is 31.2 Å². The Morgan fingerprint density at radius 1 is 1.13 bits per heavy atom. The maximum atomic E-state index is 12.4. The molecule has 126 valence electrons. The fourth-order valence-electron chi connectivity index (χ4n) is 3.80. The van der Waals surface area contributed by atoms with Crippen LogP contribution in [0.4, 0.5) is 0 Å². The minimum absolute atomic E-state index is 0.00554. The lowest BCUT2D eigenvalue weighted by Crippen LogP contribution is -2.57. The molecule has 0 aromatic heterocycles. The van der Waals surface area contributed by atoms with Crippen molar-refractivity contribution in [3.63, 3.8) is 0 Å². The predicted octanol–water partition coefficient (Wildman–Crippen LogP) is 2.58. The smallest absolute Gasteiger partial charge is 0.240 e. The molecule has 0 spiro atoms. The van der Waals surface area contributed by atoms with Gasteiger partial charge in [0, 0.05) is 19.8 Å². The molecular weight excluding hydrogens is 288 g/mol. The monoisotopic (exact) mass is 316 g/mol. The van der Waals surface area contributed by atoms with Gasteiger partial charge >= 0.3 is 0 Å². The van der Waals surface area contributed by atoms with Crippen LogP contribution in [0, 0.1) is 5.92 Å². The Bertz CT molecular complexity index is 503. The third kappa shape index (κ3) is 4.12. The summed E-state index contributed by atoms with van der Waals surface area (Å²) < 4.78 is 5.30. The van der Waals surface area contributed by atoms with E-state index in [1.54, 1.807) is 0 Å². The Morgan fingerprint density at radius 2 is 1.78 bits per heavy atom. The first-order valence-electron chi connectivity index (χ1n) is 8.87. The highest BCUT2D eigenvalue weighted by molar-refractivity contribution is 5.86. The largest absolute Gasteiger partial charge is 0.381 e. The van der Waals surface area contributed by atoms with Crippen molar-refractivity contribution in [2.24, 2.45) is 11.7 Å². The van der Waals surface area contributed by atoms with Gasteiger partial charge in [0.2, 0.25) is 5.91 Å². The zero-order valence-electron chi connectivity index (χ0n) is 13.8. The van der Waals surface area contributed by atoms with Crippen molar-refractivity contribution in [1.29, 1.82) is 0 Å². The van der Waals surface area contributed by atoms with Gasteiger partial charge in [-0.15, -0.1) is 0 Å². The summed E-state index contributed by atoms with van der Waals surface area (Å²) in [6.45, 7) is 1.94. The standard InChI is InChI=1S/C19H28N2O2/c20-19(10-12-23-13-11-19)18(22)21-14-15-6-8-17(9-7-15)16-4-2-1-3-5-16/h1-5,15,17H,6-14,20H2,(H,21,22). The Labute approximate surface area is 138 Å². The molecule has 3 N–H and O–H groups in total. The van der Waals surface area contributed by atoms with Gasteiger partial charge in [0.25, 0.3) is 0 Å². The molecule has 0 bridgehead atoms. The second kappa shape index (κ2) is 7.45. The van der Waals surface area contributed by atoms with Gasteiger partial charge in [0.15, 0.2) is 0 Å². The van der Waals surface area contributed by atoms with Crippen LogP contribution >= 0.6 is 0 Å². The average molecular weight is 316 g/mol. The molecule has 1 aliphatic heterocycles. The van der Waals surface area contributed by atoms with E-state index >= 15 is 0 Å². The molecule has 1 aromatic carbocycles. The van der Waals surface area contributed by atoms with Crippen molar-refractivity contribution >= 4 is 5.91 Å². The maximum absolute atomic E-state index is 12.4. The van der Waals surface area contributed by atoms with Crippen molar-refractivity contribution < 1.29 is 9.53 Å². The predicted molar refractivity (Wildman–Crippen MR) is 91.1 cm³/mol. The molecule has 2 fully saturated rings. The van der Waals surface area contributed by atoms with E-state index in [4.69, 9.17) is 10.5 Å².